The predicted molar refractivity (Wildman–Crippen MR) is 85.4 cm³/mol. The summed E-state index contributed by atoms with van der Waals surface area (Å²) in [6.07, 6.45) is 0.950. The van der Waals surface area contributed by atoms with Gasteiger partial charge in [0.15, 0.2) is 0 Å². The summed E-state index contributed by atoms with van der Waals surface area (Å²) in [5.74, 6) is -0.284. The summed E-state index contributed by atoms with van der Waals surface area (Å²) < 4.78 is 0. The molecule has 0 radical (unpaired) electrons. The number of anilines is 1. The summed E-state index contributed by atoms with van der Waals surface area (Å²) in [5.41, 5.74) is 1.96. The summed E-state index contributed by atoms with van der Waals surface area (Å²) in [4.78, 5) is 27.1. The number of nitrogens with one attached hydrogen (secondary N) is 1. The van der Waals surface area contributed by atoms with Crippen LogP contribution >= 0.6 is 0 Å². The van der Waals surface area contributed by atoms with Crippen LogP contribution < -0.4 is 10.2 Å². The molecule has 0 spiro atoms. The highest BCUT2D eigenvalue weighted by Crippen LogP contribution is 2.15. The smallest absolute Gasteiger partial charge is 0.240 e. The lowest BCUT2D eigenvalue weighted by atomic mass is 10.1. The SMILES string of the molecule is CCc1ccc(N(CC(=O)NCCN(C)C)C(C)=O)cc1. The maximum absolute atomic E-state index is 11.9. The molecule has 0 aliphatic heterocycles. The van der Waals surface area contributed by atoms with Gasteiger partial charge in [-0.25, -0.2) is 0 Å². The Balaban J connectivity index is 2.64. The van der Waals surface area contributed by atoms with Crippen LogP contribution in [0.3, 0.4) is 0 Å². The molecule has 0 aliphatic rings. The van der Waals surface area contributed by atoms with Gasteiger partial charge in [-0.15, -0.1) is 0 Å². The van der Waals surface area contributed by atoms with Crippen molar-refractivity contribution in [2.75, 3.05) is 38.6 Å². The molecule has 0 saturated heterocycles. The Morgan fingerprint density at radius 2 is 1.76 bits per heavy atom. The molecule has 0 unspecified atom stereocenters. The number of benzene rings is 1. The average molecular weight is 291 g/mol. The second-order valence-electron chi connectivity index (χ2n) is 5.28. The molecule has 1 N–H and O–H groups in total. The van der Waals surface area contributed by atoms with E-state index >= 15 is 0 Å². The Hall–Kier alpha value is -1.88. The molecular weight excluding hydrogens is 266 g/mol. The van der Waals surface area contributed by atoms with Gasteiger partial charge in [-0.2, -0.15) is 0 Å². The van der Waals surface area contributed by atoms with Gasteiger partial charge >= 0.3 is 0 Å². The second-order valence-corrected chi connectivity index (χ2v) is 5.28. The van der Waals surface area contributed by atoms with Crippen LogP contribution in [0.5, 0.6) is 0 Å². The fourth-order valence-corrected chi connectivity index (χ4v) is 1.91. The zero-order valence-electron chi connectivity index (χ0n) is 13.3. The molecule has 0 heterocycles. The van der Waals surface area contributed by atoms with E-state index in [1.807, 2.05) is 43.3 Å². The van der Waals surface area contributed by atoms with Gasteiger partial charge in [-0.1, -0.05) is 19.1 Å². The molecule has 0 aliphatic carbocycles. The molecule has 0 fully saturated rings. The molecule has 0 aromatic heterocycles. The number of carbonyl (C=O) groups is 2. The summed E-state index contributed by atoms with van der Waals surface area (Å²) in [5, 5.41) is 2.82. The molecule has 1 rings (SSSR count). The van der Waals surface area contributed by atoms with Gasteiger partial charge in [0, 0.05) is 25.7 Å². The summed E-state index contributed by atoms with van der Waals surface area (Å²) in [7, 11) is 3.90. The first-order valence-corrected chi connectivity index (χ1v) is 7.22. The van der Waals surface area contributed by atoms with Crippen molar-refractivity contribution in [1.82, 2.24) is 10.2 Å². The van der Waals surface area contributed by atoms with Crippen molar-refractivity contribution in [3.8, 4) is 0 Å². The fraction of sp³-hybridized carbons (Fsp3) is 0.500. The lowest BCUT2D eigenvalue weighted by Gasteiger charge is -2.21. The zero-order chi connectivity index (χ0) is 15.8. The van der Waals surface area contributed by atoms with Crippen molar-refractivity contribution >= 4 is 17.5 Å². The van der Waals surface area contributed by atoms with Crippen molar-refractivity contribution in [3.05, 3.63) is 29.8 Å². The average Bonchev–Trinajstić information content (AvgIpc) is 2.44. The fourth-order valence-electron chi connectivity index (χ4n) is 1.91. The first-order chi connectivity index (χ1) is 9.93. The van der Waals surface area contributed by atoms with Crippen LogP contribution in [-0.2, 0) is 16.0 Å². The maximum Gasteiger partial charge on any atom is 0.240 e. The Kier molecular flexibility index (Phi) is 6.88. The van der Waals surface area contributed by atoms with Gasteiger partial charge in [0.1, 0.15) is 6.54 Å². The van der Waals surface area contributed by atoms with Crippen LogP contribution in [0.2, 0.25) is 0 Å². The summed E-state index contributed by atoms with van der Waals surface area (Å²) >= 11 is 0. The number of amides is 2. The van der Waals surface area contributed by atoms with E-state index in [0.29, 0.717) is 6.54 Å². The number of carbonyl (C=O) groups excluding carboxylic acids is 2. The molecule has 0 saturated carbocycles. The van der Waals surface area contributed by atoms with E-state index in [1.165, 1.54) is 17.4 Å². The molecule has 21 heavy (non-hydrogen) atoms. The van der Waals surface area contributed by atoms with E-state index in [2.05, 4.69) is 12.2 Å². The predicted octanol–water partition coefficient (Wildman–Crippen LogP) is 1.28. The minimum absolute atomic E-state index is 0.0498. The van der Waals surface area contributed by atoms with Crippen LogP contribution in [0, 0.1) is 0 Å². The molecule has 0 atom stereocenters. The highest BCUT2D eigenvalue weighted by atomic mass is 16.2. The topological polar surface area (TPSA) is 52.7 Å². The molecule has 1 aromatic rings. The number of nitrogens with zero attached hydrogens (tertiary/aromatic N) is 2. The van der Waals surface area contributed by atoms with Crippen LogP contribution in [0.15, 0.2) is 24.3 Å². The summed E-state index contributed by atoms with van der Waals surface area (Å²) in [6.45, 7) is 4.95. The van der Waals surface area contributed by atoms with Crippen LogP contribution in [0.1, 0.15) is 19.4 Å². The summed E-state index contributed by atoms with van der Waals surface area (Å²) in [6, 6.07) is 7.73. The molecule has 116 valence electrons. The van der Waals surface area contributed by atoms with Crippen molar-refractivity contribution in [1.29, 1.82) is 0 Å². The lowest BCUT2D eigenvalue weighted by molar-refractivity contribution is -0.123. The van der Waals surface area contributed by atoms with Gasteiger partial charge in [-0.05, 0) is 38.2 Å². The van der Waals surface area contributed by atoms with Crippen molar-refractivity contribution < 1.29 is 9.59 Å². The lowest BCUT2D eigenvalue weighted by Crippen LogP contribution is -2.41. The van der Waals surface area contributed by atoms with Gasteiger partial charge in [0.2, 0.25) is 11.8 Å². The number of likely N-dealkylation sites (N-methyl/N-ethyl adjacent to an activating group) is 1. The third-order valence-corrected chi connectivity index (χ3v) is 3.22. The first kappa shape index (κ1) is 17.2. The van der Waals surface area contributed by atoms with Gasteiger partial charge in [0.25, 0.3) is 0 Å². The van der Waals surface area contributed by atoms with E-state index in [-0.39, 0.29) is 18.4 Å². The highest BCUT2D eigenvalue weighted by molar-refractivity contribution is 5.97. The largest absolute Gasteiger partial charge is 0.353 e. The van der Waals surface area contributed by atoms with E-state index in [0.717, 1.165) is 18.7 Å². The van der Waals surface area contributed by atoms with E-state index in [4.69, 9.17) is 0 Å². The zero-order valence-corrected chi connectivity index (χ0v) is 13.3. The van der Waals surface area contributed by atoms with Gasteiger partial charge < -0.3 is 15.1 Å². The number of hydrogen-bond donors (Lipinski definition) is 1. The van der Waals surface area contributed by atoms with E-state index < -0.39 is 0 Å². The Bertz CT molecular complexity index is 469. The highest BCUT2D eigenvalue weighted by Gasteiger charge is 2.15. The third kappa shape index (κ3) is 5.95. The second kappa shape index (κ2) is 8.42. The number of hydrogen-bond acceptors (Lipinski definition) is 3. The molecule has 0 bridgehead atoms. The van der Waals surface area contributed by atoms with Crippen molar-refractivity contribution in [2.24, 2.45) is 0 Å². The van der Waals surface area contributed by atoms with Crippen molar-refractivity contribution in [2.45, 2.75) is 20.3 Å². The molecular formula is C16H25N3O2. The third-order valence-electron chi connectivity index (χ3n) is 3.22. The van der Waals surface area contributed by atoms with Gasteiger partial charge in [-0.3, -0.25) is 9.59 Å². The molecule has 2 amide bonds. The van der Waals surface area contributed by atoms with Crippen LogP contribution in [0.25, 0.3) is 0 Å². The minimum Gasteiger partial charge on any atom is -0.353 e. The Morgan fingerprint density at radius 1 is 1.14 bits per heavy atom. The maximum atomic E-state index is 11.9. The first-order valence-electron chi connectivity index (χ1n) is 7.22. The molecule has 5 heteroatoms. The number of rotatable bonds is 7. The standard InChI is InChI=1S/C16H25N3O2/c1-5-14-6-8-15(9-7-14)19(13(2)20)12-16(21)17-10-11-18(3)4/h6-9H,5,10-12H2,1-4H3,(H,17,21). The van der Waals surface area contributed by atoms with Gasteiger partial charge in [0.05, 0.1) is 0 Å². The normalized spacial score (nSPS) is 10.5. The minimum atomic E-state index is -0.147. The van der Waals surface area contributed by atoms with Crippen LogP contribution in [0.4, 0.5) is 5.69 Å². The molecule has 1 aromatic carbocycles. The van der Waals surface area contributed by atoms with E-state index in [9.17, 15) is 9.59 Å². The van der Waals surface area contributed by atoms with Crippen molar-refractivity contribution in [3.63, 3.8) is 0 Å². The Labute approximate surface area is 126 Å². The Morgan fingerprint density at radius 3 is 2.24 bits per heavy atom. The quantitative estimate of drug-likeness (QED) is 0.823. The van der Waals surface area contributed by atoms with E-state index in [1.54, 1.807) is 0 Å². The number of aryl methyl sites for hydroxylation is 1. The molecule has 5 nitrogen and oxygen atoms in total. The van der Waals surface area contributed by atoms with Crippen LogP contribution in [-0.4, -0.2) is 50.4 Å². The monoisotopic (exact) mass is 291 g/mol.